The third-order valence-electron chi connectivity index (χ3n) is 3.92. The van der Waals surface area contributed by atoms with Gasteiger partial charge in [-0.15, -0.1) is 45.3 Å². The number of hydrogen-bond donors (Lipinski definition) is 0. The zero-order valence-electron chi connectivity index (χ0n) is 13.2. The summed E-state index contributed by atoms with van der Waals surface area (Å²) in [6, 6.07) is 11.3. The van der Waals surface area contributed by atoms with E-state index in [1.807, 2.05) is 45.3 Å². The summed E-state index contributed by atoms with van der Waals surface area (Å²) >= 11 is 7.51. The van der Waals surface area contributed by atoms with E-state index in [1.165, 1.54) is 46.0 Å². The first-order chi connectivity index (χ1) is 11.1. The Bertz CT molecular complexity index is 961. The Morgan fingerprint density at radius 1 is 0.565 bits per heavy atom. The molecule has 0 saturated carbocycles. The number of hydrogen-bond acceptors (Lipinski definition) is 4. The van der Waals surface area contributed by atoms with Gasteiger partial charge in [0, 0.05) is 29.3 Å². The maximum Gasteiger partial charge on any atom is 0.0478 e. The minimum absolute atomic E-state index is 1.38. The highest BCUT2D eigenvalue weighted by atomic mass is 32.1. The summed E-state index contributed by atoms with van der Waals surface area (Å²) < 4.78 is 0. The van der Waals surface area contributed by atoms with Crippen LogP contribution in [0.1, 0.15) is 16.7 Å². The van der Waals surface area contributed by atoms with Crippen molar-refractivity contribution in [2.24, 2.45) is 0 Å². The fourth-order valence-corrected chi connectivity index (χ4v) is 7.26. The average Bonchev–Trinajstić information content (AvgIpc) is 3.25. The van der Waals surface area contributed by atoms with Gasteiger partial charge in [0.1, 0.15) is 0 Å². The molecule has 0 amide bonds. The van der Waals surface area contributed by atoms with Crippen LogP contribution in [0, 0.1) is 20.8 Å². The predicted octanol–water partition coefficient (Wildman–Crippen LogP) is 7.86. The molecular weight excluding hydrogens is 356 g/mol. The lowest BCUT2D eigenvalue weighted by Crippen LogP contribution is -1.68. The molecule has 4 heteroatoms. The molecule has 0 aliphatic rings. The third-order valence-corrected chi connectivity index (χ3v) is 8.81. The van der Waals surface area contributed by atoms with Crippen molar-refractivity contribution >= 4 is 45.3 Å². The van der Waals surface area contributed by atoms with Crippen molar-refractivity contribution in [1.82, 2.24) is 0 Å². The van der Waals surface area contributed by atoms with Crippen LogP contribution in [0.5, 0.6) is 0 Å². The molecule has 0 saturated heterocycles. The first-order valence-corrected chi connectivity index (χ1v) is 10.8. The van der Waals surface area contributed by atoms with Crippen LogP contribution < -0.4 is 0 Å². The maximum absolute atomic E-state index is 2.34. The molecule has 0 spiro atoms. The minimum Gasteiger partial charge on any atom is -0.143 e. The van der Waals surface area contributed by atoms with E-state index < -0.39 is 0 Å². The zero-order valence-corrected chi connectivity index (χ0v) is 16.4. The van der Waals surface area contributed by atoms with Gasteiger partial charge in [0.05, 0.1) is 0 Å². The van der Waals surface area contributed by atoms with Crippen LogP contribution >= 0.6 is 45.3 Å². The highest BCUT2D eigenvalue weighted by Crippen LogP contribution is 2.45. The van der Waals surface area contributed by atoms with Gasteiger partial charge in [-0.3, -0.25) is 0 Å². The summed E-state index contributed by atoms with van der Waals surface area (Å²) in [5.74, 6) is 0. The largest absolute Gasteiger partial charge is 0.143 e. The molecule has 23 heavy (non-hydrogen) atoms. The Labute approximate surface area is 152 Å². The van der Waals surface area contributed by atoms with E-state index in [4.69, 9.17) is 0 Å². The van der Waals surface area contributed by atoms with Crippen molar-refractivity contribution in [1.29, 1.82) is 0 Å². The van der Waals surface area contributed by atoms with Crippen LogP contribution in [0.25, 0.3) is 29.3 Å². The van der Waals surface area contributed by atoms with E-state index >= 15 is 0 Å². The molecule has 0 nitrogen and oxygen atoms in total. The molecule has 4 aromatic heterocycles. The van der Waals surface area contributed by atoms with E-state index in [9.17, 15) is 0 Å². The number of rotatable bonds is 3. The first-order valence-electron chi connectivity index (χ1n) is 7.43. The highest BCUT2D eigenvalue weighted by molar-refractivity contribution is 7.28. The van der Waals surface area contributed by atoms with Crippen LogP contribution in [-0.4, -0.2) is 0 Å². The lowest BCUT2D eigenvalue weighted by atomic mass is 10.2. The Hall–Kier alpha value is -1.20. The van der Waals surface area contributed by atoms with Gasteiger partial charge in [-0.2, -0.15) is 0 Å². The monoisotopic (exact) mass is 372 g/mol. The van der Waals surface area contributed by atoms with Crippen LogP contribution in [0.2, 0.25) is 0 Å². The van der Waals surface area contributed by atoms with E-state index in [0.29, 0.717) is 0 Å². The molecule has 0 fully saturated rings. The molecule has 0 aliphatic heterocycles. The highest BCUT2D eigenvalue weighted by Gasteiger charge is 2.15. The van der Waals surface area contributed by atoms with Crippen molar-refractivity contribution in [3.8, 4) is 29.3 Å². The van der Waals surface area contributed by atoms with Gasteiger partial charge in [0.15, 0.2) is 0 Å². The lowest BCUT2D eigenvalue weighted by Gasteiger charge is -1.96. The number of aryl methyl sites for hydroxylation is 3. The molecule has 0 atom stereocenters. The molecule has 0 bridgehead atoms. The fraction of sp³-hybridized carbons (Fsp3) is 0.158. The van der Waals surface area contributed by atoms with Crippen molar-refractivity contribution < 1.29 is 0 Å². The quantitative estimate of drug-likeness (QED) is 0.343. The Morgan fingerprint density at radius 3 is 1.70 bits per heavy atom. The fourth-order valence-electron chi connectivity index (χ4n) is 2.67. The summed E-state index contributed by atoms with van der Waals surface area (Å²) in [4.78, 5) is 8.40. The Morgan fingerprint density at radius 2 is 1.13 bits per heavy atom. The van der Waals surface area contributed by atoms with Gasteiger partial charge in [-0.1, -0.05) is 0 Å². The van der Waals surface area contributed by atoms with Gasteiger partial charge in [-0.05, 0) is 78.6 Å². The summed E-state index contributed by atoms with van der Waals surface area (Å²) in [5.41, 5.74) is 4.14. The molecule has 0 aromatic carbocycles. The van der Waals surface area contributed by atoms with Crippen LogP contribution in [0.3, 0.4) is 0 Å². The van der Waals surface area contributed by atoms with Gasteiger partial charge in [0.25, 0.3) is 0 Å². The van der Waals surface area contributed by atoms with Gasteiger partial charge in [-0.25, -0.2) is 0 Å². The summed E-state index contributed by atoms with van der Waals surface area (Å²) in [6.07, 6.45) is 0. The minimum atomic E-state index is 1.38. The first kappa shape index (κ1) is 15.3. The lowest BCUT2D eigenvalue weighted by molar-refractivity contribution is 1.53. The van der Waals surface area contributed by atoms with Crippen molar-refractivity contribution in [3.63, 3.8) is 0 Å². The summed E-state index contributed by atoms with van der Waals surface area (Å²) in [5, 5.41) is 4.36. The van der Waals surface area contributed by atoms with E-state index in [0.717, 1.165) is 0 Å². The summed E-state index contributed by atoms with van der Waals surface area (Å²) in [6.45, 7) is 6.62. The second-order valence-electron chi connectivity index (χ2n) is 5.65. The molecule has 4 heterocycles. The van der Waals surface area contributed by atoms with Crippen LogP contribution in [0.4, 0.5) is 0 Å². The maximum atomic E-state index is 2.34. The average molecular weight is 373 g/mol. The van der Waals surface area contributed by atoms with Crippen molar-refractivity contribution in [2.75, 3.05) is 0 Å². The normalized spacial score (nSPS) is 11.3. The zero-order chi connectivity index (χ0) is 16.0. The Kier molecular flexibility index (Phi) is 4.01. The van der Waals surface area contributed by atoms with Gasteiger partial charge in [0.2, 0.25) is 0 Å². The summed E-state index contributed by atoms with van der Waals surface area (Å²) in [7, 11) is 0. The second-order valence-corrected chi connectivity index (χ2v) is 9.62. The topological polar surface area (TPSA) is 0 Å². The second kappa shape index (κ2) is 6.02. The van der Waals surface area contributed by atoms with Crippen molar-refractivity contribution in [3.05, 3.63) is 57.8 Å². The standard InChI is InChI=1S/C19H16S4/c1-11-6-8-20-17(11)14-4-5-15(22-14)19-13(3)10-16(23-19)18-12(2)7-9-21-18/h4-10H,1-3H3. The van der Waals surface area contributed by atoms with E-state index in [-0.39, 0.29) is 0 Å². The van der Waals surface area contributed by atoms with Gasteiger partial charge >= 0.3 is 0 Å². The van der Waals surface area contributed by atoms with E-state index in [1.54, 1.807) is 0 Å². The SMILES string of the molecule is Cc1ccsc1-c1ccc(-c2sc(-c3sccc3C)cc2C)s1. The van der Waals surface area contributed by atoms with E-state index in [2.05, 4.69) is 61.9 Å². The predicted molar refractivity (Wildman–Crippen MR) is 108 cm³/mol. The molecular formula is C19H16S4. The molecule has 4 rings (SSSR count). The van der Waals surface area contributed by atoms with Crippen LogP contribution in [-0.2, 0) is 0 Å². The molecule has 0 radical (unpaired) electrons. The third kappa shape index (κ3) is 2.74. The molecule has 4 aromatic rings. The number of thiophene rings is 4. The molecule has 0 unspecified atom stereocenters. The molecule has 116 valence electrons. The molecule has 0 aliphatic carbocycles. The van der Waals surface area contributed by atoms with Crippen molar-refractivity contribution in [2.45, 2.75) is 20.8 Å². The Balaban J connectivity index is 1.75. The smallest absolute Gasteiger partial charge is 0.0478 e. The van der Waals surface area contributed by atoms with Crippen LogP contribution in [0.15, 0.2) is 41.1 Å². The molecule has 0 N–H and O–H groups in total. The van der Waals surface area contributed by atoms with Gasteiger partial charge < -0.3 is 0 Å².